The van der Waals surface area contributed by atoms with Gasteiger partial charge < -0.3 is 10.6 Å². The largest absolute Gasteiger partial charge is 0.356 e. The van der Waals surface area contributed by atoms with E-state index in [-0.39, 0.29) is 5.31 Å². The fourth-order valence-electron chi connectivity index (χ4n) is 1.92. The van der Waals surface area contributed by atoms with Crippen molar-refractivity contribution < 1.29 is 15.1 Å². The first-order valence-corrected chi connectivity index (χ1v) is 7.77. The fourth-order valence-corrected chi connectivity index (χ4v) is 1.92. The average Bonchev–Trinajstić information content (AvgIpc) is 2.90. The second-order valence-corrected chi connectivity index (χ2v) is 4.92. The molecule has 0 unspecified atom stereocenters. The van der Waals surface area contributed by atoms with Gasteiger partial charge in [-0.15, -0.1) is 0 Å². The zero-order chi connectivity index (χ0) is 27.4. The molecule has 128 valence electrons. The SMILES string of the molecule is [2H]c1c([2H])c([2H])c(N([2H])c2c([2H])c([2H])c([2H])c([2H])c2[2H])c([2H])c1[2H].c1ccc(Nc2ccccc2)cc1. The second-order valence-electron chi connectivity index (χ2n) is 4.92. The summed E-state index contributed by atoms with van der Waals surface area (Å²) in [6, 6.07) is 13.4. The van der Waals surface area contributed by atoms with Crippen molar-refractivity contribution in [1.82, 2.24) is 0 Å². The summed E-state index contributed by atoms with van der Waals surface area (Å²) in [4.78, 5) is 0. The minimum Gasteiger partial charge on any atom is -0.356 e. The Labute approximate surface area is 170 Å². The molecule has 0 fully saturated rings. The maximum absolute atomic E-state index is 8.04. The van der Waals surface area contributed by atoms with Gasteiger partial charge in [0.15, 0.2) is 1.41 Å². The first kappa shape index (κ1) is 8.24. The van der Waals surface area contributed by atoms with Crippen LogP contribution < -0.4 is 10.6 Å². The second kappa shape index (κ2) is 9.70. The number of benzene rings is 4. The number of para-hydroxylation sites is 4. The number of hydrogen-bond acceptors (Lipinski definition) is 2. The van der Waals surface area contributed by atoms with E-state index in [1.54, 1.807) is 0 Å². The van der Waals surface area contributed by atoms with E-state index >= 15 is 0 Å². The van der Waals surface area contributed by atoms with Crippen molar-refractivity contribution in [3.8, 4) is 0 Å². The van der Waals surface area contributed by atoms with Gasteiger partial charge in [-0.25, -0.2) is 0 Å². The molecule has 0 heterocycles. The third kappa shape index (κ3) is 5.84. The molecule has 4 rings (SSSR count). The van der Waals surface area contributed by atoms with Gasteiger partial charge in [-0.05, 0) is 48.4 Å². The summed E-state index contributed by atoms with van der Waals surface area (Å²) < 4.78 is 84.8. The Bertz CT molecular complexity index is 1250. The minimum absolute atomic E-state index is 0.278. The summed E-state index contributed by atoms with van der Waals surface area (Å²) in [5.41, 5.74) is 1.04. The van der Waals surface area contributed by atoms with Crippen LogP contribution in [0.2, 0.25) is 1.41 Å². The predicted octanol–water partition coefficient (Wildman–Crippen LogP) is 6.86. The van der Waals surface area contributed by atoms with Gasteiger partial charge in [0.25, 0.3) is 0 Å². The Morgan fingerprint density at radius 1 is 0.500 bits per heavy atom. The van der Waals surface area contributed by atoms with Crippen LogP contribution in [0.3, 0.4) is 0 Å². The van der Waals surface area contributed by atoms with Crippen molar-refractivity contribution in [2.75, 3.05) is 10.6 Å². The standard InChI is InChI=1S/2C12H11N/c2*1-3-7-11(8-4-1)13-12-9-5-2-6-10-12/h2*1-10,13H/i1D,2D,3D,4D,5D,6D,7D,8D,9D,10D;/hD. The summed E-state index contributed by atoms with van der Waals surface area (Å²) in [7, 11) is 0. The van der Waals surface area contributed by atoms with Crippen molar-refractivity contribution in [3.63, 3.8) is 0 Å². The van der Waals surface area contributed by atoms with Crippen LogP contribution in [0.15, 0.2) is 121 Å². The van der Waals surface area contributed by atoms with Crippen molar-refractivity contribution in [1.29, 1.82) is 0 Å². The Balaban J connectivity index is 0.000000244. The molecule has 0 amide bonds. The van der Waals surface area contributed by atoms with Crippen molar-refractivity contribution in [3.05, 3.63) is 121 Å². The summed E-state index contributed by atoms with van der Waals surface area (Å²) in [5.74, 6) is 0. The highest BCUT2D eigenvalue weighted by molar-refractivity contribution is 5.59. The molecule has 2 nitrogen and oxygen atoms in total. The van der Waals surface area contributed by atoms with Crippen molar-refractivity contribution in [2.45, 2.75) is 0 Å². The lowest BCUT2D eigenvalue weighted by Gasteiger charge is -2.04. The van der Waals surface area contributed by atoms with E-state index in [0.717, 1.165) is 11.4 Å². The van der Waals surface area contributed by atoms with E-state index in [1.807, 2.05) is 60.7 Å². The van der Waals surface area contributed by atoms with Crippen LogP contribution in [-0.4, -0.2) is 0 Å². The monoisotopic (exact) mass is 349 g/mol. The molecule has 0 aliphatic rings. The zero-order valence-electron chi connectivity index (χ0n) is 24.7. The maximum Gasteiger partial charge on any atom is 0.167 e. The predicted molar refractivity (Wildman–Crippen MR) is 112 cm³/mol. The van der Waals surface area contributed by atoms with Crippen LogP contribution in [-0.2, 0) is 0 Å². The number of rotatable bonds is 4. The Morgan fingerprint density at radius 2 is 0.885 bits per heavy atom. The van der Waals surface area contributed by atoms with Crippen LogP contribution >= 0.6 is 0 Å². The van der Waals surface area contributed by atoms with Crippen LogP contribution in [0.25, 0.3) is 0 Å². The van der Waals surface area contributed by atoms with Crippen LogP contribution in [0.4, 0.5) is 22.7 Å². The number of nitrogens with one attached hydrogen (secondary N) is 2. The topological polar surface area (TPSA) is 24.1 Å². The summed E-state index contributed by atoms with van der Waals surface area (Å²) >= 11 is 0. The molecule has 26 heavy (non-hydrogen) atoms. The third-order valence-corrected chi connectivity index (χ3v) is 3.03. The number of hydrogen-bond donors (Lipinski definition) is 2. The molecule has 0 aromatic heterocycles. The Hall–Kier alpha value is -3.52. The van der Waals surface area contributed by atoms with E-state index in [4.69, 9.17) is 15.1 Å². The van der Waals surface area contributed by atoms with Gasteiger partial charge in [0.2, 0.25) is 0 Å². The molecule has 4 aromatic carbocycles. The Kier molecular flexibility index (Phi) is 3.07. The normalized spacial score (nSPS) is 15.5. The summed E-state index contributed by atoms with van der Waals surface area (Å²) in [6.07, 6.45) is 0. The highest BCUT2D eigenvalue weighted by Crippen LogP contribution is 2.15. The third-order valence-electron chi connectivity index (χ3n) is 3.03. The molecule has 0 spiro atoms. The molecule has 0 saturated carbocycles. The lowest BCUT2D eigenvalue weighted by Crippen LogP contribution is -1.87. The summed E-state index contributed by atoms with van der Waals surface area (Å²) in [5, 5.41) is 3.58. The molecular formula is C24H22N2. The lowest BCUT2D eigenvalue weighted by atomic mass is 10.3. The lowest BCUT2D eigenvalue weighted by molar-refractivity contribution is 1.55. The van der Waals surface area contributed by atoms with E-state index in [1.165, 1.54) is 0 Å². The van der Waals surface area contributed by atoms with Gasteiger partial charge in [-0.3, -0.25) is 0 Å². The smallest absolute Gasteiger partial charge is 0.167 e. The molecule has 0 aliphatic heterocycles. The van der Waals surface area contributed by atoms with Crippen LogP contribution in [0, 0.1) is 0 Å². The quantitative estimate of drug-likeness (QED) is 0.420. The van der Waals surface area contributed by atoms with Crippen molar-refractivity contribution >= 4 is 22.7 Å². The van der Waals surface area contributed by atoms with E-state index in [9.17, 15) is 0 Å². The molecule has 0 aliphatic carbocycles. The number of anilines is 4. The summed E-state index contributed by atoms with van der Waals surface area (Å²) in [6.45, 7) is 0. The molecule has 0 radical (unpaired) electrons. The fraction of sp³-hybridized carbons (Fsp3) is 0. The minimum atomic E-state index is -0.706. The molecule has 0 saturated heterocycles. The van der Waals surface area contributed by atoms with Gasteiger partial charge in [0.05, 0.1) is 13.7 Å². The zero-order valence-corrected chi connectivity index (χ0v) is 13.7. The van der Waals surface area contributed by atoms with Gasteiger partial charge in [0.1, 0.15) is 0 Å². The molecule has 2 N–H and O–H groups in total. The van der Waals surface area contributed by atoms with Crippen LogP contribution in [0.5, 0.6) is 0 Å². The molecule has 0 atom stereocenters. The van der Waals surface area contributed by atoms with Crippen molar-refractivity contribution in [2.24, 2.45) is 0 Å². The maximum atomic E-state index is 8.04. The van der Waals surface area contributed by atoms with Gasteiger partial charge >= 0.3 is 0 Å². The molecular weight excluding hydrogens is 316 g/mol. The molecule has 4 aromatic rings. The van der Waals surface area contributed by atoms with E-state index < -0.39 is 71.8 Å². The van der Waals surface area contributed by atoms with Gasteiger partial charge in [-0.1, -0.05) is 72.7 Å². The molecule has 2 heteroatoms. The first-order valence-electron chi connectivity index (χ1n) is 13.2. The highest BCUT2D eigenvalue weighted by Gasteiger charge is 1.90. The van der Waals surface area contributed by atoms with E-state index in [2.05, 4.69) is 5.32 Å². The first-order chi connectivity index (χ1) is 17.5. The van der Waals surface area contributed by atoms with Crippen LogP contribution in [0.1, 0.15) is 13.7 Å². The van der Waals surface area contributed by atoms with E-state index in [0.29, 0.717) is 0 Å². The average molecular weight is 350 g/mol. The van der Waals surface area contributed by atoms with Gasteiger partial charge in [0, 0.05) is 22.7 Å². The van der Waals surface area contributed by atoms with Gasteiger partial charge in [-0.2, -0.15) is 0 Å². The molecule has 0 bridgehead atoms. The highest BCUT2D eigenvalue weighted by atomic mass is 14.9. The Morgan fingerprint density at radius 3 is 1.27 bits per heavy atom.